The largest absolute Gasteiger partial charge is 0.334 e. The summed E-state index contributed by atoms with van der Waals surface area (Å²) in [4.78, 5) is 22.6. The van der Waals surface area contributed by atoms with E-state index < -0.39 is 0 Å². The van der Waals surface area contributed by atoms with Crippen molar-refractivity contribution in [3.05, 3.63) is 97.9 Å². The Balaban J connectivity index is 1.17. The second kappa shape index (κ2) is 11.1. The first-order chi connectivity index (χ1) is 18.9. The summed E-state index contributed by atoms with van der Waals surface area (Å²) in [5, 5.41) is 4.93. The standard InChI is InChI=1S/C30H27Cl3N4OS/c31-22-6-3-21(4-7-22)17-34-29(38)37-18-30(27-25(37)9-10-26-28(27)35-19-39-26)11-14-36(15-12-30)13-1-2-20-5-8-23(32)24(33)16-20/h1-10,16,19H,11-15,17-18H2,(H,34,38)/b2-1+. The van der Waals surface area contributed by atoms with Crippen molar-refractivity contribution < 1.29 is 4.79 Å². The fraction of sp³-hybridized carbons (Fsp3) is 0.267. The van der Waals surface area contributed by atoms with Gasteiger partial charge in [-0.25, -0.2) is 9.78 Å². The van der Waals surface area contributed by atoms with Crippen molar-refractivity contribution in [3.8, 4) is 0 Å². The number of benzene rings is 3. The van der Waals surface area contributed by atoms with E-state index in [0.717, 1.165) is 54.8 Å². The van der Waals surface area contributed by atoms with Gasteiger partial charge in [-0.15, -0.1) is 11.3 Å². The Bertz CT molecular complexity index is 1540. The molecule has 0 atom stereocenters. The highest BCUT2D eigenvalue weighted by Gasteiger charge is 2.47. The van der Waals surface area contributed by atoms with Crippen molar-refractivity contribution in [3.63, 3.8) is 0 Å². The number of piperidine rings is 1. The molecule has 3 aromatic carbocycles. The molecule has 5 nitrogen and oxygen atoms in total. The SMILES string of the molecule is O=C(NCc1ccc(Cl)cc1)N1CC2(CCN(C/C=C/c3ccc(Cl)c(Cl)c3)CC2)c2c1ccc1scnc21. The highest BCUT2D eigenvalue weighted by molar-refractivity contribution is 7.16. The number of likely N-dealkylation sites (tertiary alicyclic amines) is 1. The lowest BCUT2D eigenvalue weighted by molar-refractivity contribution is 0.180. The van der Waals surface area contributed by atoms with Crippen LogP contribution in [0.15, 0.2) is 66.2 Å². The molecule has 0 aliphatic carbocycles. The zero-order valence-corrected chi connectivity index (χ0v) is 24.3. The summed E-state index contributed by atoms with van der Waals surface area (Å²) in [5.41, 5.74) is 7.10. The third kappa shape index (κ3) is 5.41. The van der Waals surface area contributed by atoms with E-state index in [4.69, 9.17) is 39.8 Å². The van der Waals surface area contributed by atoms with E-state index in [9.17, 15) is 4.79 Å². The molecule has 2 amide bonds. The number of amides is 2. The van der Waals surface area contributed by atoms with Gasteiger partial charge in [0.2, 0.25) is 0 Å². The van der Waals surface area contributed by atoms with Crippen LogP contribution in [0, 0.1) is 0 Å². The van der Waals surface area contributed by atoms with Crippen molar-refractivity contribution in [1.82, 2.24) is 15.2 Å². The van der Waals surface area contributed by atoms with Crippen molar-refractivity contribution in [1.29, 1.82) is 0 Å². The summed E-state index contributed by atoms with van der Waals surface area (Å²) in [6, 6.07) is 17.3. The van der Waals surface area contributed by atoms with E-state index in [-0.39, 0.29) is 11.4 Å². The minimum atomic E-state index is -0.107. The molecule has 0 unspecified atom stereocenters. The number of carbonyl (C=O) groups is 1. The Morgan fingerprint density at radius 2 is 1.82 bits per heavy atom. The minimum Gasteiger partial charge on any atom is -0.334 e. The molecule has 1 spiro atoms. The average molecular weight is 598 g/mol. The number of thiazole rings is 1. The normalized spacial score (nSPS) is 16.8. The molecule has 2 aliphatic rings. The maximum Gasteiger partial charge on any atom is 0.322 e. The maximum absolute atomic E-state index is 13.5. The molecule has 0 saturated carbocycles. The number of hydrogen-bond donors (Lipinski definition) is 1. The van der Waals surface area contributed by atoms with Crippen LogP contribution in [0.5, 0.6) is 0 Å². The predicted molar refractivity (Wildman–Crippen MR) is 164 cm³/mol. The van der Waals surface area contributed by atoms with E-state index in [0.29, 0.717) is 28.2 Å². The van der Waals surface area contributed by atoms with E-state index in [1.165, 1.54) is 10.3 Å². The second-order valence-corrected chi connectivity index (χ2v) is 12.3. The molecule has 2 aliphatic heterocycles. The molecule has 4 aromatic rings. The number of halogens is 3. The van der Waals surface area contributed by atoms with Crippen molar-refractivity contribution in [2.75, 3.05) is 31.1 Å². The lowest BCUT2D eigenvalue weighted by Gasteiger charge is -2.39. The predicted octanol–water partition coefficient (Wildman–Crippen LogP) is 8.03. The third-order valence-corrected chi connectivity index (χ3v) is 9.58. The summed E-state index contributed by atoms with van der Waals surface area (Å²) >= 11 is 19.9. The van der Waals surface area contributed by atoms with Gasteiger partial charge in [0.15, 0.2) is 0 Å². The zero-order chi connectivity index (χ0) is 27.0. The zero-order valence-electron chi connectivity index (χ0n) is 21.2. The smallest absolute Gasteiger partial charge is 0.322 e. The lowest BCUT2D eigenvalue weighted by Crippen LogP contribution is -2.47. The molecular formula is C30H27Cl3N4OS. The average Bonchev–Trinajstić information content (AvgIpc) is 3.54. The van der Waals surface area contributed by atoms with E-state index >= 15 is 0 Å². The number of urea groups is 1. The molecule has 39 heavy (non-hydrogen) atoms. The van der Waals surface area contributed by atoms with Gasteiger partial charge in [-0.3, -0.25) is 9.80 Å². The van der Waals surface area contributed by atoms with Crippen molar-refractivity contribution >= 4 is 74.2 Å². The number of nitrogens with zero attached hydrogens (tertiary/aromatic N) is 3. The molecule has 0 bridgehead atoms. The Morgan fingerprint density at radius 1 is 1.03 bits per heavy atom. The molecular weight excluding hydrogens is 571 g/mol. The first-order valence-corrected chi connectivity index (χ1v) is 14.9. The fourth-order valence-corrected chi connectivity index (χ4v) is 6.83. The summed E-state index contributed by atoms with van der Waals surface area (Å²) in [7, 11) is 0. The Morgan fingerprint density at radius 3 is 2.59 bits per heavy atom. The topological polar surface area (TPSA) is 48.5 Å². The monoisotopic (exact) mass is 596 g/mol. The number of fused-ring (bicyclic) bond motifs is 4. The number of rotatable bonds is 5. The number of carbonyl (C=O) groups excluding carboxylic acids is 1. The van der Waals surface area contributed by atoms with Crippen LogP contribution >= 0.6 is 46.1 Å². The molecule has 1 aromatic heterocycles. The van der Waals surface area contributed by atoms with Crippen LogP contribution in [0.2, 0.25) is 15.1 Å². The molecule has 1 saturated heterocycles. The highest BCUT2D eigenvalue weighted by Crippen LogP contribution is 2.50. The summed E-state index contributed by atoms with van der Waals surface area (Å²) < 4.78 is 1.17. The molecule has 6 rings (SSSR count). The van der Waals surface area contributed by atoms with Gasteiger partial charge in [0.1, 0.15) is 0 Å². The van der Waals surface area contributed by atoms with Crippen LogP contribution in [-0.4, -0.2) is 42.1 Å². The van der Waals surface area contributed by atoms with Crippen LogP contribution < -0.4 is 10.2 Å². The number of anilines is 1. The summed E-state index contributed by atoms with van der Waals surface area (Å²) in [5.74, 6) is 0. The molecule has 1 fully saturated rings. The first kappa shape index (κ1) is 26.6. The number of aromatic nitrogens is 1. The number of nitrogens with one attached hydrogen (secondary N) is 1. The van der Waals surface area contributed by atoms with Gasteiger partial charge >= 0.3 is 6.03 Å². The van der Waals surface area contributed by atoms with Crippen molar-refractivity contribution in [2.24, 2.45) is 0 Å². The van der Waals surface area contributed by atoms with Gasteiger partial charge in [0, 0.05) is 35.6 Å². The molecule has 3 heterocycles. The molecule has 200 valence electrons. The molecule has 9 heteroatoms. The number of hydrogen-bond acceptors (Lipinski definition) is 4. The van der Waals surface area contributed by atoms with Gasteiger partial charge in [-0.1, -0.05) is 65.2 Å². The van der Waals surface area contributed by atoms with Crippen molar-refractivity contribution in [2.45, 2.75) is 24.8 Å². The van der Waals surface area contributed by atoms with Crippen LogP contribution in [0.1, 0.15) is 29.5 Å². The Kier molecular flexibility index (Phi) is 7.58. The van der Waals surface area contributed by atoms with Crippen LogP contribution in [-0.2, 0) is 12.0 Å². The van der Waals surface area contributed by atoms with Crippen LogP contribution in [0.3, 0.4) is 0 Å². The molecule has 1 N–H and O–H groups in total. The third-order valence-electron chi connectivity index (χ3n) is 7.80. The van der Waals surface area contributed by atoms with Crippen LogP contribution in [0.4, 0.5) is 10.5 Å². The lowest BCUT2D eigenvalue weighted by atomic mass is 9.74. The minimum absolute atomic E-state index is 0.0790. The van der Waals surface area contributed by atoms with Gasteiger partial charge in [-0.05, 0) is 73.5 Å². The maximum atomic E-state index is 13.5. The quantitative estimate of drug-likeness (QED) is 0.253. The molecule has 0 radical (unpaired) electrons. The summed E-state index contributed by atoms with van der Waals surface area (Å²) in [6.07, 6.45) is 6.20. The van der Waals surface area contributed by atoms with Gasteiger partial charge in [-0.2, -0.15) is 0 Å². The van der Waals surface area contributed by atoms with E-state index in [1.54, 1.807) is 11.3 Å². The Hall–Kier alpha value is -2.61. The Labute approximate surface area is 247 Å². The van der Waals surface area contributed by atoms with Gasteiger partial charge < -0.3 is 5.32 Å². The van der Waals surface area contributed by atoms with E-state index in [1.807, 2.05) is 52.9 Å². The highest BCUT2D eigenvalue weighted by atomic mass is 35.5. The first-order valence-electron chi connectivity index (χ1n) is 12.9. The van der Waals surface area contributed by atoms with Gasteiger partial charge in [0.25, 0.3) is 0 Å². The fourth-order valence-electron chi connectivity index (χ4n) is 5.72. The van der Waals surface area contributed by atoms with E-state index in [2.05, 4.69) is 34.5 Å². The van der Waals surface area contributed by atoms with Crippen LogP contribution in [0.25, 0.3) is 16.3 Å². The van der Waals surface area contributed by atoms with Gasteiger partial charge in [0.05, 0.1) is 31.5 Å². The summed E-state index contributed by atoms with van der Waals surface area (Å²) in [6.45, 7) is 3.87. The second-order valence-electron chi connectivity index (χ2n) is 10.2.